The summed E-state index contributed by atoms with van der Waals surface area (Å²) in [6.07, 6.45) is -5.20. The van der Waals surface area contributed by atoms with Gasteiger partial charge in [-0.05, 0) is 39.0 Å². The second-order valence-corrected chi connectivity index (χ2v) is 7.01. The zero-order chi connectivity index (χ0) is 18.1. The highest BCUT2D eigenvalue weighted by molar-refractivity contribution is 7.80. The van der Waals surface area contributed by atoms with E-state index in [2.05, 4.69) is 5.32 Å². The van der Waals surface area contributed by atoms with Gasteiger partial charge in [0.05, 0.1) is 5.56 Å². The minimum Gasteiger partial charge on any atom is -0.439 e. The summed E-state index contributed by atoms with van der Waals surface area (Å²) in [4.78, 5) is 13.7. The van der Waals surface area contributed by atoms with Gasteiger partial charge in [-0.15, -0.1) is 0 Å². The van der Waals surface area contributed by atoms with Crippen LogP contribution in [0.15, 0.2) is 24.3 Å². The maximum absolute atomic E-state index is 12.8. The highest BCUT2D eigenvalue weighted by Crippen LogP contribution is 2.33. The molecule has 1 fully saturated rings. The fraction of sp³-hybridized carbons (Fsp3) is 0.500. The SMILES string of the molecule is CC(C)(C)NC(=O)OC1CCN(c2cccc(C(F)(F)F)c2)C1=S. The first-order valence-electron chi connectivity index (χ1n) is 7.45. The van der Waals surface area contributed by atoms with Crippen LogP contribution in [0, 0.1) is 0 Å². The molecule has 0 spiro atoms. The smallest absolute Gasteiger partial charge is 0.416 e. The second-order valence-electron chi connectivity index (χ2n) is 6.60. The summed E-state index contributed by atoms with van der Waals surface area (Å²) in [5, 5.41) is 2.66. The Labute approximate surface area is 144 Å². The van der Waals surface area contributed by atoms with Crippen LogP contribution in [0.1, 0.15) is 32.8 Å². The maximum atomic E-state index is 12.8. The first-order chi connectivity index (χ1) is 11.0. The standard InChI is InChI=1S/C16H19F3N2O2S/c1-15(2,3)20-14(22)23-12-7-8-21(13(12)24)11-6-4-5-10(9-11)16(17,18)19/h4-6,9,12H,7-8H2,1-3H3,(H,20,22). The van der Waals surface area contributed by atoms with Crippen molar-refractivity contribution in [1.82, 2.24) is 5.32 Å². The molecule has 0 aliphatic carbocycles. The predicted octanol–water partition coefficient (Wildman–Crippen LogP) is 4.14. The van der Waals surface area contributed by atoms with Gasteiger partial charge >= 0.3 is 12.3 Å². The molecule has 1 aromatic rings. The van der Waals surface area contributed by atoms with Crippen LogP contribution in [0.4, 0.5) is 23.7 Å². The number of hydrogen-bond acceptors (Lipinski definition) is 3. The van der Waals surface area contributed by atoms with Gasteiger partial charge in [-0.2, -0.15) is 13.2 Å². The number of benzene rings is 1. The lowest BCUT2D eigenvalue weighted by Gasteiger charge is -2.23. The fourth-order valence-corrected chi connectivity index (χ4v) is 2.70. The van der Waals surface area contributed by atoms with Crippen molar-refractivity contribution in [2.24, 2.45) is 0 Å². The Morgan fingerprint density at radius 2 is 2.00 bits per heavy atom. The molecule has 1 aliphatic heterocycles. The summed E-state index contributed by atoms with van der Waals surface area (Å²) in [5.74, 6) is 0. The molecule has 1 N–H and O–H groups in total. The predicted molar refractivity (Wildman–Crippen MR) is 89.2 cm³/mol. The molecule has 0 bridgehead atoms. The Morgan fingerprint density at radius 3 is 2.58 bits per heavy atom. The molecule has 0 saturated carbocycles. The molecule has 1 aromatic carbocycles. The Kier molecular flexibility index (Phi) is 5.08. The van der Waals surface area contributed by atoms with Crippen molar-refractivity contribution in [1.29, 1.82) is 0 Å². The molecule has 2 rings (SSSR count). The van der Waals surface area contributed by atoms with Crippen LogP contribution in [0.3, 0.4) is 0 Å². The number of nitrogens with zero attached hydrogens (tertiary/aromatic N) is 1. The third-order valence-electron chi connectivity index (χ3n) is 3.37. The molecule has 1 atom stereocenters. The zero-order valence-corrected chi connectivity index (χ0v) is 14.4. The van der Waals surface area contributed by atoms with Gasteiger partial charge in [0.25, 0.3) is 0 Å². The van der Waals surface area contributed by atoms with Crippen LogP contribution >= 0.6 is 12.2 Å². The van der Waals surface area contributed by atoms with E-state index in [1.807, 2.05) is 20.8 Å². The summed E-state index contributed by atoms with van der Waals surface area (Å²) in [6, 6.07) is 4.94. The van der Waals surface area contributed by atoms with Gasteiger partial charge in [0.1, 0.15) is 4.99 Å². The zero-order valence-electron chi connectivity index (χ0n) is 13.6. The molecule has 4 nitrogen and oxygen atoms in total. The summed E-state index contributed by atoms with van der Waals surface area (Å²) in [6.45, 7) is 5.84. The average Bonchev–Trinajstić information content (AvgIpc) is 2.77. The first-order valence-corrected chi connectivity index (χ1v) is 7.86. The molecular weight excluding hydrogens is 341 g/mol. The van der Waals surface area contributed by atoms with Gasteiger partial charge in [-0.1, -0.05) is 18.3 Å². The third kappa shape index (κ3) is 4.59. The normalized spacial score (nSPS) is 18.7. The van der Waals surface area contributed by atoms with Crippen molar-refractivity contribution >= 4 is 29.0 Å². The molecule has 1 saturated heterocycles. The van der Waals surface area contributed by atoms with Gasteiger partial charge in [0.2, 0.25) is 0 Å². The van der Waals surface area contributed by atoms with E-state index in [0.717, 1.165) is 12.1 Å². The first kappa shape index (κ1) is 18.5. The number of ether oxygens (including phenoxy) is 1. The largest absolute Gasteiger partial charge is 0.439 e. The van der Waals surface area contributed by atoms with E-state index in [-0.39, 0.29) is 0 Å². The number of alkyl carbamates (subject to hydrolysis) is 1. The number of hydrogen-bond donors (Lipinski definition) is 1. The summed E-state index contributed by atoms with van der Waals surface area (Å²) in [5.41, 5.74) is -0.840. The molecule has 132 valence electrons. The van der Waals surface area contributed by atoms with Crippen LogP contribution in [-0.4, -0.2) is 29.3 Å². The Hall–Kier alpha value is -1.83. The summed E-state index contributed by atoms with van der Waals surface area (Å²) >= 11 is 5.28. The topological polar surface area (TPSA) is 41.6 Å². The molecule has 8 heteroatoms. The monoisotopic (exact) mass is 360 g/mol. The van der Waals surface area contributed by atoms with Crippen LogP contribution in [0.5, 0.6) is 0 Å². The number of rotatable bonds is 2. The van der Waals surface area contributed by atoms with E-state index in [4.69, 9.17) is 17.0 Å². The van der Waals surface area contributed by atoms with Crippen LogP contribution < -0.4 is 10.2 Å². The van der Waals surface area contributed by atoms with Crippen molar-refractivity contribution < 1.29 is 22.7 Å². The Morgan fingerprint density at radius 1 is 1.33 bits per heavy atom. The number of amides is 1. The number of anilines is 1. The molecule has 0 radical (unpaired) electrons. The van der Waals surface area contributed by atoms with Gasteiger partial charge in [-0.25, -0.2) is 4.79 Å². The summed E-state index contributed by atoms with van der Waals surface area (Å²) in [7, 11) is 0. The van der Waals surface area contributed by atoms with Crippen molar-refractivity contribution in [2.45, 2.75) is 45.0 Å². The lowest BCUT2D eigenvalue weighted by molar-refractivity contribution is -0.137. The van der Waals surface area contributed by atoms with Gasteiger partial charge in [-0.3, -0.25) is 0 Å². The Balaban J connectivity index is 2.08. The van der Waals surface area contributed by atoms with Gasteiger partial charge < -0.3 is 15.0 Å². The van der Waals surface area contributed by atoms with Gasteiger partial charge in [0.15, 0.2) is 6.10 Å². The summed E-state index contributed by atoms with van der Waals surface area (Å²) < 4.78 is 43.8. The lowest BCUT2D eigenvalue weighted by atomic mass is 10.1. The second kappa shape index (κ2) is 6.58. The van der Waals surface area contributed by atoms with Crippen molar-refractivity contribution in [3.8, 4) is 0 Å². The highest BCUT2D eigenvalue weighted by atomic mass is 32.1. The number of nitrogens with one attached hydrogen (secondary N) is 1. The van der Waals surface area contributed by atoms with E-state index in [0.29, 0.717) is 23.6 Å². The third-order valence-corrected chi connectivity index (χ3v) is 3.85. The van der Waals surface area contributed by atoms with Gasteiger partial charge in [0, 0.05) is 24.2 Å². The molecule has 1 heterocycles. The van der Waals surface area contributed by atoms with E-state index >= 15 is 0 Å². The van der Waals surface area contributed by atoms with Crippen LogP contribution in [0.25, 0.3) is 0 Å². The number of halogens is 3. The number of thiocarbonyl (C=S) groups is 1. The van der Waals surface area contributed by atoms with E-state index in [1.165, 1.54) is 6.07 Å². The number of alkyl halides is 3. The van der Waals surface area contributed by atoms with Crippen molar-refractivity contribution in [2.75, 3.05) is 11.4 Å². The van der Waals surface area contributed by atoms with Crippen LogP contribution in [0.2, 0.25) is 0 Å². The number of carbonyl (C=O) groups excluding carboxylic acids is 1. The quantitative estimate of drug-likeness (QED) is 0.805. The molecular formula is C16H19F3N2O2S. The fourth-order valence-electron chi connectivity index (χ4n) is 2.33. The lowest BCUT2D eigenvalue weighted by Crippen LogP contribution is -2.43. The maximum Gasteiger partial charge on any atom is 0.416 e. The number of carbonyl (C=O) groups is 1. The van der Waals surface area contributed by atoms with E-state index in [1.54, 1.807) is 11.0 Å². The van der Waals surface area contributed by atoms with Crippen molar-refractivity contribution in [3.63, 3.8) is 0 Å². The van der Waals surface area contributed by atoms with Crippen molar-refractivity contribution in [3.05, 3.63) is 29.8 Å². The Bertz CT molecular complexity index is 641. The minimum atomic E-state index is -4.42. The molecule has 24 heavy (non-hydrogen) atoms. The van der Waals surface area contributed by atoms with Crippen LogP contribution in [-0.2, 0) is 10.9 Å². The minimum absolute atomic E-state index is 0.304. The van der Waals surface area contributed by atoms with E-state index in [9.17, 15) is 18.0 Å². The highest BCUT2D eigenvalue weighted by Gasteiger charge is 2.35. The molecule has 0 aromatic heterocycles. The molecule has 1 amide bonds. The molecule has 1 aliphatic rings. The van der Waals surface area contributed by atoms with E-state index < -0.39 is 29.5 Å². The molecule has 1 unspecified atom stereocenters. The average molecular weight is 360 g/mol.